The van der Waals surface area contributed by atoms with Crippen molar-refractivity contribution in [2.24, 2.45) is 0 Å². The molecule has 0 N–H and O–H groups in total. The van der Waals surface area contributed by atoms with E-state index in [1.54, 1.807) is 24.3 Å². The van der Waals surface area contributed by atoms with Gasteiger partial charge in [0.2, 0.25) is 0 Å². The predicted octanol–water partition coefficient (Wildman–Crippen LogP) is 3.08. The maximum absolute atomic E-state index is 13.1. The Balaban J connectivity index is 1.86. The topological polar surface area (TPSA) is 55.2 Å². The molecule has 0 atom stereocenters. The van der Waals surface area contributed by atoms with E-state index in [4.69, 9.17) is 0 Å². The maximum atomic E-state index is 13.1. The molecule has 1 aliphatic heterocycles. The molecule has 0 amide bonds. The van der Waals surface area contributed by atoms with Gasteiger partial charge in [-0.25, -0.2) is 0 Å². The van der Waals surface area contributed by atoms with Crippen LogP contribution in [0.25, 0.3) is 10.9 Å². The first-order valence-electron chi connectivity index (χ1n) is 8.54. The van der Waals surface area contributed by atoms with Crippen molar-refractivity contribution >= 4 is 20.9 Å². The summed E-state index contributed by atoms with van der Waals surface area (Å²) in [4.78, 5) is 2.56. The molecule has 0 saturated carbocycles. The maximum Gasteiger partial charge on any atom is 0.283 e. The summed E-state index contributed by atoms with van der Waals surface area (Å²) in [6.07, 6.45) is 2.01. The first-order valence-corrected chi connectivity index (χ1v) is 9.98. The molecule has 2 heterocycles. The fourth-order valence-corrected chi connectivity index (χ4v) is 4.84. The number of aromatic nitrogens is 2. The van der Waals surface area contributed by atoms with Crippen LogP contribution in [0.3, 0.4) is 0 Å². The molecule has 1 aliphatic rings. The molecule has 0 radical (unpaired) electrons. The zero-order valence-electron chi connectivity index (χ0n) is 14.2. The minimum absolute atomic E-state index is 0.262. The zero-order valence-corrected chi connectivity index (χ0v) is 15.0. The molecule has 3 aromatic rings. The Hall–Kier alpha value is -2.18. The number of rotatable bonds is 3. The molecular formula is C19H21N3O2S. The molecule has 0 aliphatic carbocycles. The lowest BCUT2D eigenvalue weighted by Gasteiger charge is -2.28. The molecular weight excluding hydrogens is 334 g/mol. The number of piperidine rings is 1. The molecule has 2 aromatic carbocycles. The van der Waals surface area contributed by atoms with E-state index in [1.807, 2.05) is 30.3 Å². The van der Waals surface area contributed by atoms with Gasteiger partial charge < -0.3 is 4.90 Å². The van der Waals surface area contributed by atoms with E-state index in [0.717, 1.165) is 37.0 Å². The molecule has 0 bridgehead atoms. The van der Waals surface area contributed by atoms with Crippen molar-refractivity contribution in [2.45, 2.75) is 23.7 Å². The van der Waals surface area contributed by atoms with Gasteiger partial charge in [-0.2, -0.15) is 17.6 Å². The summed E-state index contributed by atoms with van der Waals surface area (Å²) >= 11 is 0. The number of hydrogen-bond acceptors (Lipinski definition) is 4. The van der Waals surface area contributed by atoms with Crippen LogP contribution in [0.1, 0.15) is 24.5 Å². The molecule has 1 aromatic heterocycles. The summed E-state index contributed by atoms with van der Waals surface area (Å²) in [5.41, 5.74) is 1.56. The van der Waals surface area contributed by atoms with Crippen molar-refractivity contribution in [3.05, 3.63) is 60.3 Å². The Morgan fingerprint density at radius 1 is 0.960 bits per heavy atom. The van der Waals surface area contributed by atoms with Crippen molar-refractivity contribution in [1.82, 2.24) is 14.1 Å². The second kappa shape index (κ2) is 6.28. The number of hydrogen-bond donors (Lipinski definition) is 0. The summed E-state index contributed by atoms with van der Waals surface area (Å²) in [7, 11) is -1.58. The number of nitrogens with zero attached hydrogens (tertiary/aromatic N) is 3. The lowest BCUT2D eigenvalue weighted by atomic mass is 9.92. The summed E-state index contributed by atoms with van der Waals surface area (Å²) in [5, 5.41) is 5.54. The van der Waals surface area contributed by atoms with Crippen LogP contribution in [-0.4, -0.2) is 42.6 Å². The third-order valence-corrected chi connectivity index (χ3v) is 6.56. The second-order valence-corrected chi connectivity index (χ2v) is 8.41. The van der Waals surface area contributed by atoms with Gasteiger partial charge >= 0.3 is 0 Å². The Morgan fingerprint density at radius 3 is 2.32 bits per heavy atom. The third kappa shape index (κ3) is 2.85. The SMILES string of the molecule is CN1CCC(c2nn(S(=O)(=O)c3ccccc3)c3ccccc23)CC1. The molecule has 0 unspecified atom stereocenters. The highest BCUT2D eigenvalue weighted by Crippen LogP contribution is 2.33. The lowest BCUT2D eigenvalue weighted by Crippen LogP contribution is -2.29. The van der Waals surface area contributed by atoms with Gasteiger partial charge in [0.15, 0.2) is 0 Å². The number of para-hydroxylation sites is 1. The van der Waals surface area contributed by atoms with Crippen molar-refractivity contribution < 1.29 is 8.42 Å². The molecule has 1 fully saturated rings. The highest BCUT2D eigenvalue weighted by Gasteiger charge is 2.27. The van der Waals surface area contributed by atoms with E-state index >= 15 is 0 Å². The molecule has 4 rings (SSSR count). The van der Waals surface area contributed by atoms with Crippen LogP contribution in [0, 0.1) is 0 Å². The Bertz CT molecular complexity index is 988. The summed E-state index contributed by atoms with van der Waals surface area (Å²) in [6.45, 7) is 2.02. The van der Waals surface area contributed by atoms with E-state index in [0.29, 0.717) is 11.4 Å². The molecule has 0 spiro atoms. The van der Waals surface area contributed by atoms with Crippen LogP contribution in [0.15, 0.2) is 59.5 Å². The minimum Gasteiger partial charge on any atom is -0.306 e. The summed E-state index contributed by atoms with van der Waals surface area (Å²) in [5.74, 6) is 0.299. The van der Waals surface area contributed by atoms with Crippen molar-refractivity contribution in [1.29, 1.82) is 0 Å². The molecule has 1 saturated heterocycles. The van der Waals surface area contributed by atoms with Crippen molar-refractivity contribution in [2.75, 3.05) is 20.1 Å². The monoisotopic (exact) mass is 355 g/mol. The highest BCUT2D eigenvalue weighted by atomic mass is 32.2. The Labute approximate surface area is 147 Å². The smallest absolute Gasteiger partial charge is 0.283 e. The standard InChI is InChI=1S/C19H21N3O2S/c1-21-13-11-15(12-14-21)19-17-9-5-6-10-18(17)22(20-19)25(23,24)16-7-3-2-4-8-16/h2-10,15H,11-14H2,1H3. The average Bonchev–Trinajstić information content (AvgIpc) is 3.04. The van der Waals surface area contributed by atoms with Crippen LogP contribution >= 0.6 is 0 Å². The van der Waals surface area contributed by atoms with Gasteiger partial charge in [0.05, 0.1) is 16.1 Å². The first kappa shape index (κ1) is 16.3. The highest BCUT2D eigenvalue weighted by molar-refractivity contribution is 7.90. The predicted molar refractivity (Wildman–Crippen MR) is 98.2 cm³/mol. The zero-order chi connectivity index (χ0) is 17.4. The van der Waals surface area contributed by atoms with Crippen LogP contribution in [0.2, 0.25) is 0 Å². The molecule has 130 valence electrons. The number of fused-ring (bicyclic) bond motifs is 1. The van der Waals surface area contributed by atoms with E-state index in [2.05, 4.69) is 17.0 Å². The van der Waals surface area contributed by atoms with Gasteiger partial charge in [-0.3, -0.25) is 0 Å². The van der Waals surface area contributed by atoms with Gasteiger partial charge in [0, 0.05) is 11.3 Å². The van der Waals surface area contributed by atoms with E-state index in [9.17, 15) is 8.42 Å². The summed E-state index contributed by atoms with van der Waals surface area (Å²) in [6, 6.07) is 16.1. The molecule has 5 nitrogen and oxygen atoms in total. The molecule has 6 heteroatoms. The fraction of sp³-hybridized carbons (Fsp3) is 0.316. The van der Waals surface area contributed by atoms with Gasteiger partial charge in [0.1, 0.15) is 0 Å². The van der Waals surface area contributed by atoms with Gasteiger partial charge in [-0.15, -0.1) is 0 Å². The largest absolute Gasteiger partial charge is 0.306 e. The lowest BCUT2D eigenvalue weighted by molar-refractivity contribution is 0.254. The first-order chi connectivity index (χ1) is 12.1. The number of likely N-dealkylation sites (tertiary alicyclic amines) is 1. The number of benzene rings is 2. The average molecular weight is 355 g/mol. The quantitative estimate of drug-likeness (QED) is 0.724. The Kier molecular flexibility index (Phi) is 4.09. The molecule has 25 heavy (non-hydrogen) atoms. The second-order valence-electron chi connectivity index (χ2n) is 6.64. The van der Waals surface area contributed by atoms with Gasteiger partial charge in [-0.1, -0.05) is 36.4 Å². The Morgan fingerprint density at radius 2 is 1.60 bits per heavy atom. The summed E-state index contributed by atoms with van der Waals surface area (Å²) < 4.78 is 27.4. The van der Waals surface area contributed by atoms with E-state index in [1.165, 1.54) is 4.09 Å². The van der Waals surface area contributed by atoms with Crippen LogP contribution in [-0.2, 0) is 10.0 Å². The van der Waals surface area contributed by atoms with Crippen molar-refractivity contribution in [3.63, 3.8) is 0 Å². The fourth-order valence-electron chi connectivity index (χ4n) is 3.52. The van der Waals surface area contributed by atoms with Gasteiger partial charge in [-0.05, 0) is 51.2 Å². The normalized spacial score (nSPS) is 17.2. The third-order valence-electron chi connectivity index (χ3n) is 4.96. The minimum atomic E-state index is -3.70. The van der Waals surface area contributed by atoms with Crippen molar-refractivity contribution in [3.8, 4) is 0 Å². The van der Waals surface area contributed by atoms with Crippen LogP contribution in [0.4, 0.5) is 0 Å². The van der Waals surface area contributed by atoms with E-state index in [-0.39, 0.29) is 4.90 Å². The van der Waals surface area contributed by atoms with Crippen LogP contribution in [0.5, 0.6) is 0 Å². The van der Waals surface area contributed by atoms with Gasteiger partial charge in [0.25, 0.3) is 10.0 Å². The van der Waals surface area contributed by atoms with Crippen LogP contribution < -0.4 is 0 Å². The van der Waals surface area contributed by atoms with E-state index < -0.39 is 10.0 Å².